The van der Waals surface area contributed by atoms with Crippen molar-refractivity contribution in [1.29, 1.82) is 0 Å². The smallest absolute Gasteiger partial charge is 0.305 e. The molecule has 1 aliphatic heterocycles. The summed E-state index contributed by atoms with van der Waals surface area (Å²) < 4.78 is 15.4. The molecule has 0 amide bonds. The molecule has 1 fully saturated rings. The second-order valence-electron chi connectivity index (χ2n) is 5.22. The normalized spacial score (nSPS) is 20.4. The Bertz CT molecular complexity index is 646. The van der Waals surface area contributed by atoms with E-state index < -0.39 is 0 Å². The number of para-hydroxylation sites is 1. The number of hydrogen-bond acceptors (Lipinski definition) is 2. The van der Waals surface area contributed by atoms with Gasteiger partial charge in [0.05, 0.1) is 5.52 Å². The van der Waals surface area contributed by atoms with Gasteiger partial charge in [-0.15, -0.1) is 0 Å². The quantitative estimate of drug-likeness (QED) is 0.917. The molecular weight excluding hydrogens is 245 g/mol. The molecule has 1 aliphatic rings. The van der Waals surface area contributed by atoms with Crippen LogP contribution in [-0.2, 0) is 6.54 Å². The third kappa shape index (κ3) is 2.18. The number of halogens is 1. The Balaban J connectivity index is 1.93. The molecule has 1 N–H and O–H groups in total. The van der Waals surface area contributed by atoms with Gasteiger partial charge in [-0.05, 0) is 37.6 Å². The van der Waals surface area contributed by atoms with E-state index >= 15 is 0 Å². The highest BCUT2D eigenvalue weighted by Crippen LogP contribution is 2.20. The highest BCUT2D eigenvalue weighted by atomic mass is 19.1. The fourth-order valence-corrected chi connectivity index (χ4v) is 2.96. The summed E-state index contributed by atoms with van der Waals surface area (Å²) >= 11 is 0. The fourth-order valence-electron chi connectivity index (χ4n) is 2.96. The van der Waals surface area contributed by atoms with Gasteiger partial charge < -0.3 is 9.88 Å². The van der Waals surface area contributed by atoms with Crippen LogP contribution in [0.5, 0.6) is 0 Å². The Morgan fingerprint density at radius 2 is 2.32 bits per heavy atom. The molecule has 0 radical (unpaired) electrons. The third-order valence-electron chi connectivity index (χ3n) is 4.00. The third-order valence-corrected chi connectivity index (χ3v) is 4.00. The Labute approximate surface area is 110 Å². The van der Waals surface area contributed by atoms with Crippen LogP contribution in [0, 0.1) is 11.7 Å². The van der Waals surface area contributed by atoms with Gasteiger partial charge in [-0.25, -0.2) is 9.18 Å². The number of nitrogens with one attached hydrogen (secondary N) is 1. The van der Waals surface area contributed by atoms with Crippen LogP contribution >= 0.6 is 0 Å². The molecule has 0 bridgehead atoms. The van der Waals surface area contributed by atoms with E-state index in [1.165, 1.54) is 6.07 Å². The lowest BCUT2D eigenvalue weighted by Crippen LogP contribution is -2.25. The number of imidazole rings is 1. The van der Waals surface area contributed by atoms with Crippen molar-refractivity contribution in [3.63, 3.8) is 0 Å². The summed E-state index contributed by atoms with van der Waals surface area (Å²) in [7, 11) is 0. The molecule has 1 atom stereocenters. The summed E-state index contributed by atoms with van der Waals surface area (Å²) in [5, 5.41) is 0. The van der Waals surface area contributed by atoms with Crippen LogP contribution in [0.2, 0.25) is 0 Å². The average molecular weight is 263 g/mol. The number of benzene rings is 1. The van der Waals surface area contributed by atoms with Crippen LogP contribution < -0.4 is 5.69 Å². The predicted molar refractivity (Wildman–Crippen MR) is 72.7 cm³/mol. The van der Waals surface area contributed by atoms with Crippen molar-refractivity contribution < 1.29 is 4.39 Å². The van der Waals surface area contributed by atoms with Gasteiger partial charge >= 0.3 is 5.69 Å². The van der Waals surface area contributed by atoms with E-state index in [4.69, 9.17) is 0 Å². The molecule has 102 valence electrons. The number of aromatic nitrogens is 2. The highest BCUT2D eigenvalue weighted by molar-refractivity contribution is 5.75. The molecule has 1 saturated heterocycles. The van der Waals surface area contributed by atoms with E-state index in [2.05, 4.69) is 16.8 Å². The number of H-pyrrole nitrogens is 1. The van der Waals surface area contributed by atoms with Crippen molar-refractivity contribution in [1.82, 2.24) is 14.5 Å². The summed E-state index contributed by atoms with van der Waals surface area (Å²) in [5.74, 6) is 0.0949. The molecule has 2 aromatic rings. The number of aromatic amines is 1. The molecule has 2 heterocycles. The lowest BCUT2D eigenvalue weighted by atomic mass is 10.1. The second-order valence-corrected chi connectivity index (χ2v) is 5.22. The van der Waals surface area contributed by atoms with Crippen molar-refractivity contribution in [3.8, 4) is 0 Å². The van der Waals surface area contributed by atoms with Gasteiger partial charge in [0, 0.05) is 13.1 Å². The lowest BCUT2D eigenvalue weighted by molar-refractivity contribution is 0.332. The maximum atomic E-state index is 13.9. The van der Waals surface area contributed by atoms with Gasteiger partial charge in [0.25, 0.3) is 0 Å². The summed E-state index contributed by atoms with van der Waals surface area (Å²) in [6, 6.07) is 4.76. The van der Waals surface area contributed by atoms with Crippen LogP contribution in [0.1, 0.15) is 13.3 Å². The van der Waals surface area contributed by atoms with Gasteiger partial charge in [0.1, 0.15) is 11.3 Å². The van der Waals surface area contributed by atoms with Crippen LogP contribution in [0.3, 0.4) is 0 Å². The van der Waals surface area contributed by atoms with Crippen LogP contribution in [-0.4, -0.2) is 34.1 Å². The Hall–Kier alpha value is -1.62. The molecule has 4 nitrogen and oxygen atoms in total. The van der Waals surface area contributed by atoms with E-state index in [1.807, 2.05) is 0 Å². The molecular formula is C14H18FN3O. The minimum atomic E-state index is -0.332. The molecule has 19 heavy (non-hydrogen) atoms. The molecule has 0 aliphatic carbocycles. The van der Waals surface area contributed by atoms with E-state index in [0.717, 1.165) is 26.1 Å². The zero-order chi connectivity index (χ0) is 13.4. The first-order valence-corrected chi connectivity index (χ1v) is 6.78. The molecule has 1 unspecified atom stereocenters. The summed E-state index contributed by atoms with van der Waals surface area (Å²) in [6.07, 6.45) is 1.07. The van der Waals surface area contributed by atoms with Gasteiger partial charge in [0.15, 0.2) is 0 Å². The molecule has 0 spiro atoms. The van der Waals surface area contributed by atoms with E-state index in [1.54, 1.807) is 16.7 Å². The Kier molecular flexibility index (Phi) is 3.14. The van der Waals surface area contributed by atoms with E-state index in [-0.39, 0.29) is 11.5 Å². The van der Waals surface area contributed by atoms with Crippen molar-refractivity contribution in [2.45, 2.75) is 19.9 Å². The number of hydrogen-bond donors (Lipinski definition) is 1. The second kappa shape index (κ2) is 4.81. The maximum absolute atomic E-state index is 13.9. The average Bonchev–Trinajstić information content (AvgIpc) is 2.96. The zero-order valence-corrected chi connectivity index (χ0v) is 11.0. The number of fused-ring (bicyclic) bond motifs is 1. The number of likely N-dealkylation sites (tertiary alicyclic amines) is 1. The van der Waals surface area contributed by atoms with Crippen LogP contribution in [0.15, 0.2) is 23.0 Å². The monoisotopic (exact) mass is 263 g/mol. The SMILES string of the molecule is CCN1CCC(Cn2c(=O)[nH]c3cccc(F)c32)C1. The molecule has 1 aromatic carbocycles. The minimum absolute atomic E-state index is 0.213. The molecule has 5 heteroatoms. The van der Waals surface area contributed by atoms with Crippen molar-refractivity contribution in [3.05, 3.63) is 34.5 Å². The molecule has 0 saturated carbocycles. The fraction of sp³-hybridized carbons (Fsp3) is 0.500. The van der Waals surface area contributed by atoms with E-state index in [0.29, 0.717) is 23.5 Å². The van der Waals surface area contributed by atoms with Gasteiger partial charge in [-0.1, -0.05) is 13.0 Å². The number of nitrogens with zero attached hydrogens (tertiary/aromatic N) is 2. The van der Waals surface area contributed by atoms with Crippen LogP contribution in [0.4, 0.5) is 4.39 Å². The number of rotatable bonds is 3. The van der Waals surface area contributed by atoms with Crippen molar-refractivity contribution in [2.75, 3.05) is 19.6 Å². The topological polar surface area (TPSA) is 41.0 Å². The summed E-state index contributed by atoms with van der Waals surface area (Å²) in [6.45, 7) is 5.83. The first kappa shape index (κ1) is 12.4. The lowest BCUT2D eigenvalue weighted by Gasteiger charge is -2.13. The summed E-state index contributed by atoms with van der Waals surface area (Å²) in [5.41, 5.74) is 0.771. The first-order valence-electron chi connectivity index (χ1n) is 6.78. The first-order chi connectivity index (χ1) is 9.19. The summed E-state index contributed by atoms with van der Waals surface area (Å²) in [4.78, 5) is 17.0. The van der Waals surface area contributed by atoms with Gasteiger partial charge in [-0.2, -0.15) is 0 Å². The van der Waals surface area contributed by atoms with Gasteiger partial charge in [-0.3, -0.25) is 4.57 Å². The predicted octanol–water partition coefficient (Wildman–Crippen LogP) is 1.81. The highest BCUT2D eigenvalue weighted by Gasteiger charge is 2.23. The largest absolute Gasteiger partial charge is 0.326 e. The Morgan fingerprint density at radius 3 is 3.05 bits per heavy atom. The minimum Gasteiger partial charge on any atom is -0.305 e. The van der Waals surface area contributed by atoms with Crippen molar-refractivity contribution >= 4 is 11.0 Å². The standard InChI is InChI=1S/C14H18FN3O/c1-2-17-7-6-10(8-17)9-18-13-11(15)4-3-5-12(13)16-14(18)19/h3-5,10H,2,6-9H2,1H3,(H,16,19). The zero-order valence-electron chi connectivity index (χ0n) is 11.0. The van der Waals surface area contributed by atoms with Gasteiger partial charge in [0.2, 0.25) is 0 Å². The van der Waals surface area contributed by atoms with Crippen LogP contribution in [0.25, 0.3) is 11.0 Å². The molecule has 1 aromatic heterocycles. The van der Waals surface area contributed by atoms with E-state index in [9.17, 15) is 9.18 Å². The molecule has 3 rings (SSSR count). The van der Waals surface area contributed by atoms with Crippen molar-refractivity contribution in [2.24, 2.45) is 5.92 Å². The Morgan fingerprint density at radius 1 is 1.47 bits per heavy atom. The maximum Gasteiger partial charge on any atom is 0.326 e.